The van der Waals surface area contributed by atoms with Gasteiger partial charge >= 0.3 is 6.18 Å². The summed E-state index contributed by atoms with van der Waals surface area (Å²) < 4.78 is 45.1. The lowest BCUT2D eigenvalue weighted by Crippen LogP contribution is -2.06. The van der Waals surface area contributed by atoms with Gasteiger partial charge in [0.2, 0.25) is 5.78 Å². The normalized spacial score (nSPS) is 11.3. The van der Waals surface area contributed by atoms with Crippen LogP contribution in [0.25, 0.3) is 10.1 Å². The maximum atomic E-state index is 13.1. The average molecular weight is 437 g/mol. The molecule has 0 aliphatic rings. The number of hydrogen-bond donors (Lipinski definition) is 0. The van der Waals surface area contributed by atoms with Crippen LogP contribution in [0, 0.1) is 11.3 Å². The molecule has 7 heteroatoms. The Morgan fingerprint density at radius 2 is 1.65 bits per heavy atom. The topological polar surface area (TPSA) is 50.1 Å². The second kappa shape index (κ2) is 8.25. The molecule has 0 atom stereocenters. The van der Waals surface area contributed by atoms with Gasteiger partial charge in [0.25, 0.3) is 0 Å². The number of ether oxygens (including phenoxy) is 1. The number of benzene rings is 3. The highest BCUT2D eigenvalue weighted by molar-refractivity contribution is 7.21. The van der Waals surface area contributed by atoms with Crippen LogP contribution in [-0.2, 0) is 12.8 Å². The first-order chi connectivity index (χ1) is 14.9. The van der Waals surface area contributed by atoms with E-state index in [0.717, 1.165) is 22.2 Å². The Balaban J connectivity index is 1.65. The fraction of sp³-hybridized carbons (Fsp3) is 0.0833. The molecule has 0 saturated carbocycles. The van der Waals surface area contributed by atoms with Crippen molar-refractivity contribution in [1.29, 1.82) is 5.26 Å². The zero-order valence-electron chi connectivity index (χ0n) is 15.9. The summed E-state index contributed by atoms with van der Waals surface area (Å²) in [6, 6.07) is 20.5. The lowest BCUT2D eigenvalue weighted by Gasteiger charge is -2.10. The van der Waals surface area contributed by atoms with Gasteiger partial charge in [-0.2, -0.15) is 18.4 Å². The number of alkyl halides is 3. The van der Waals surface area contributed by atoms with E-state index in [1.165, 1.54) is 23.5 Å². The van der Waals surface area contributed by atoms with E-state index in [0.29, 0.717) is 27.3 Å². The summed E-state index contributed by atoms with van der Waals surface area (Å²) >= 11 is 1.29. The van der Waals surface area contributed by atoms with Crippen LogP contribution in [0.2, 0.25) is 0 Å². The van der Waals surface area contributed by atoms with Crippen molar-refractivity contribution in [2.45, 2.75) is 12.8 Å². The van der Waals surface area contributed by atoms with E-state index in [1.54, 1.807) is 24.3 Å². The summed E-state index contributed by atoms with van der Waals surface area (Å²) in [6.45, 7) is 0.0204. The predicted octanol–water partition coefficient (Wildman–Crippen LogP) is 6.60. The minimum absolute atomic E-state index is 0.0204. The molecular weight excluding hydrogens is 423 g/mol. The van der Waals surface area contributed by atoms with Gasteiger partial charge in [0.1, 0.15) is 17.2 Å². The van der Waals surface area contributed by atoms with Crippen LogP contribution >= 0.6 is 11.3 Å². The molecule has 31 heavy (non-hydrogen) atoms. The van der Waals surface area contributed by atoms with Crippen LogP contribution in [0.3, 0.4) is 0 Å². The van der Waals surface area contributed by atoms with E-state index in [-0.39, 0.29) is 12.4 Å². The fourth-order valence-corrected chi connectivity index (χ4v) is 4.20. The molecular formula is C24H14F3NO2S. The highest BCUT2D eigenvalue weighted by atomic mass is 32.1. The molecule has 3 aromatic carbocycles. The Labute approximate surface area is 179 Å². The quantitative estimate of drug-likeness (QED) is 0.331. The highest BCUT2D eigenvalue weighted by Crippen LogP contribution is 2.39. The largest absolute Gasteiger partial charge is 0.487 e. The second-order valence-electron chi connectivity index (χ2n) is 6.76. The number of carbonyl (C=O) groups excluding carboxylic acids is 1. The Hall–Kier alpha value is -3.63. The van der Waals surface area contributed by atoms with E-state index in [2.05, 4.69) is 0 Å². The summed E-state index contributed by atoms with van der Waals surface area (Å²) in [5.41, 5.74) is 0.700. The number of fused-ring (bicyclic) bond motifs is 1. The molecule has 0 unspecified atom stereocenters. The van der Waals surface area contributed by atoms with Gasteiger partial charge in [-0.1, -0.05) is 24.3 Å². The van der Waals surface area contributed by atoms with Crippen LogP contribution in [0.5, 0.6) is 5.75 Å². The van der Waals surface area contributed by atoms with Gasteiger partial charge in [-0.05, 0) is 54.1 Å². The van der Waals surface area contributed by atoms with Gasteiger partial charge in [0, 0.05) is 15.6 Å². The van der Waals surface area contributed by atoms with Crippen molar-refractivity contribution in [3.63, 3.8) is 0 Å². The van der Waals surface area contributed by atoms with Gasteiger partial charge in [-0.3, -0.25) is 4.79 Å². The molecule has 4 rings (SSSR count). The van der Waals surface area contributed by atoms with Crippen LogP contribution in [-0.4, -0.2) is 5.78 Å². The molecule has 4 aromatic rings. The lowest BCUT2D eigenvalue weighted by atomic mass is 10.1. The lowest BCUT2D eigenvalue weighted by molar-refractivity contribution is -0.137. The summed E-state index contributed by atoms with van der Waals surface area (Å²) in [5, 5.41) is 9.71. The maximum absolute atomic E-state index is 13.1. The summed E-state index contributed by atoms with van der Waals surface area (Å²) in [7, 11) is 0. The number of nitrogens with zero attached hydrogens (tertiary/aromatic N) is 1. The molecule has 1 heterocycles. The van der Waals surface area contributed by atoms with Gasteiger partial charge in [-0.15, -0.1) is 11.3 Å². The average Bonchev–Trinajstić information content (AvgIpc) is 3.15. The number of carbonyl (C=O) groups is 1. The van der Waals surface area contributed by atoms with Crippen molar-refractivity contribution in [3.8, 4) is 11.8 Å². The number of rotatable bonds is 5. The smallest absolute Gasteiger partial charge is 0.416 e. The molecule has 0 aliphatic carbocycles. The Morgan fingerprint density at radius 1 is 0.968 bits per heavy atom. The number of thiophene rings is 1. The van der Waals surface area contributed by atoms with E-state index < -0.39 is 11.7 Å². The molecule has 1 aromatic heterocycles. The van der Waals surface area contributed by atoms with Crippen LogP contribution in [0.4, 0.5) is 13.2 Å². The van der Waals surface area contributed by atoms with E-state index >= 15 is 0 Å². The molecule has 0 bridgehead atoms. The molecule has 3 nitrogen and oxygen atoms in total. The maximum Gasteiger partial charge on any atom is 0.416 e. The SMILES string of the molecule is N#Cc1ccc(C(=O)c2sc3ccccc3c2OCc2ccc(C(F)(F)F)cc2)cc1. The summed E-state index contributed by atoms with van der Waals surface area (Å²) in [6.07, 6.45) is -4.40. The van der Waals surface area contributed by atoms with Crippen molar-refractivity contribution in [1.82, 2.24) is 0 Å². The van der Waals surface area contributed by atoms with E-state index in [9.17, 15) is 18.0 Å². The number of nitriles is 1. The van der Waals surface area contributed by atoms with Crippen molar-refractivity contribution >= 4 is 27.2 Å². The van der Waals surface area contributed by atoms with Crippen LogP contribution in [0.15, 0.2) is 72.8 Å². The third-order valence-corrected chi connectivity index (χ3v) is 5.85. The Bertz CT molecular complexity index is 1280. The van der Waals surface area contributed by atoms with Crippen molar-refractivity contribution < 1.29 is 22.7 Å². The van der Waals surface area contributed by atoms with Gasteiger partial charge < -0.3 is 4.74 Å². The highest BCUT2D eigenvalue weighted by Gasteiger charge is 2.30. The van der Waals surface area contributed by atoms with Crippen molar-refractivity contribution in [2.24, 2.45) is 0 Å². The second-order valence-corrected chi connectivity index (χ2v) is 7.81. The van der Waals surface area contributed by atoms with Crippen LogP contribution in [0.1, 0.15) is 31.9 Å². The van der Waals surface area contributed by atoms with Gasteiger partial charge in [-0.25, -0.2) is 0 Å². The number of halogens is 3. The van der Waals surface area contributed by atoms with E-state index in [4.69, 9.17) is 10.00 Å². The first-order valence-corrected chi connectivity index (χ1v) is 10.0. The zero-order valence-corrected chi connectivity index (χ0v) is 16.8. The minimum atomic E-state index is -4.40. The van der Waals surface area contributed by atoms with E-state index in [1.807, 2.05) is 30.3 Å². The molecule has 0 radical (unpaired) electrons. The first-order valence-electron chi connectivity index (χ1n) is 9.22. The van der Waals surface area contributed by atoms with Gasteiger partial charge in [0.05, 0.1) is 17.2 Å². The molecule has 0 fully saturated rings. The molecule has 154 valence electrons. The van der Waals surface area contributed by atoms with Crippen molar-refractivity contribution in [2.75, 3.05) is 0 Å². The first kappa shape index (κ1) is 20.6. The molecule has 0 spiro atoms. The fourth-order valence-electron chi connectivity index (χ4n) is 3.09. The minimum Gasteiger partial charge on any atom is -0.487 e. The third-order valence-electron chi connectivity index (χ3n) is 4.70. The number of ketones is 1. The summed E-state index contributed by atoms with van der Waals surface area (Å²) in [4.78, 5) is 13.5. The Kier molecular flexibility index (Phi) is 5.49. The van der Waals surface area contributed by atoms with Crippen LogP contribution < -0.4 is 4.74 Å². The van der Waals surface area contributed by atoms with Crippen molar-refractivity contribution in [3.05, 3.63) is 99.9 Å². The molecule has 0 amide bonds. The zero-order chi connectivity index (χ0) is 22.0. The molecule has 0 N–H and O–H groups in total. The predicted molar refractivity (Wildman–Crippen MR) is 112 cm³/mol. The number of hydrogen-bond acceptors (Lipinski definition) is 4. The third kappa shape index (κ3) is 4.30. The monoisotopic (exact) mass is 437 g/mol. The molecule has 0 aliphatic heterocycles. The standard InChI is InChI=1S/C24H14F3NO2S/c25-24(26,27)18-11-7-16(8-12-18)14-30-22-19-3-1-2-4-20(19)31-23(22)21(29)17-9-5-15(13-28)6-10-17/h1-12H,14H2. The Morgan fingerprint density at radius 3 is 2.29 bits per heavy atom. The summed E-state index contributed by atoms with van der Waals surface area (Å²) in [5.74, 6) is 0.156. The molecule has 0 saturated heterocycles. The van der Waals surface area contributed by atoms with Gasteiger partial charge in [0.15, 0.2) is 0 Å².